The molecule has 4 rings (SSSR count). The molecule has 0 aliphatic heterocycles. The minimum atomic E-state index is -0.656. The van der Waals surface area contributed by atoms with E-state index in [1.54, 1.807) is 19.2 Å². The highest BCUT2D eigenvalue weighted by molar-refractivity contribution is 6.29. The number of aryl methyl sites for hydroxylation is 1. The van der Waals surface area contributed by atoms with Gasteiger partial charge in [0.15, 0.2) is 0 Å². The standard InChI is InChI=1S/C17H19ClN4O.C11H13F2NO/c1-21(11-6-4-3-5-7-11)16-12(10-19)17(23)22(2)13-8-9-14(18)20-15(13)16;1-11(2,3)15-14-7-8-4-5-9(12)6-10(8)13/h8-9,11H,3-7H2,1-2H3;4-7H,1-3H3/b;14-7-. The van der Waals surface area contributed by atoms with E-state index in [0.29, 0.717) is 27.9 Å². The molecule has 1 aliphatic rings. The van der Waals surface area contributed by atoms with Crippen LogP contribution < -0.4 is 10.5 Å². The smallest absolute Gasteiger partial charge is 0.270 e. The maximum Gasteiger partial charge on any atom is 0.270 e. The minimum absolute atomic E-state index is 0.142. The number of nitrogens with zero attached hydrogens (tertiary/aromatic N) is 5. The molecule has 0 N–H and O–H groups in total. The summed E-state index contributed by atoms with van der Waals surface area (Å²) >= 11 is 6.07. The third-order valence-corrected chi connectivity index (χ3v) is 6.46. The zero-order valence-corrected chi connectivity index (χ0v) is 23.0. The molecular formula is C28H32ClF2N5O2. The molecule has 0 bridgehead atoms. The van der Waals surface area contributed by atoms with Gasteiger partial charge in [0.05, 0.1) is 17.4 Å². The largest absolute Gasteiger partial charge is 0.390 e. The lowest BCUT2D eigenvalue weighted by Crippen LogP contribution is -2.36. The molecule has 7 nitrogen and oxygen atoms in total. The maximum atomic E-state index is 13.1. The summed E-state index contributed by atoms with van der Waals surface area (Å²) < 4.78 is 27.1. The molecule has 0 atom stereocenters. The molecule has 0 radical (unpaired) electrons. The van der Waals surface area contributed by atoms with Crippen molar-refractivity contribution in [1.29, 1.82) is 5.26 Å². The van der Waals surface area contributed by atoms with Crippen molar-refractivity contribution in [3.8, 4) is 6.07 Å². The van der Waals surface area contributed by atoms with Crippen LogP contribution in [0.5, 0.6) is 0 Å². The van der Waals surface area contributed by atoms with Crippen molar-refractivity contribution in [2.24, 2.45) is 12.2 Å². The van der Waals surface area contributed by atoms with Crippen LogP contribution in [0.4, 0.5) is 14.5 Å². The Morgan fingerprint density at radius 2 is 1.89 bits per heavy atom. The van der Waals surface area contributed by atoms with E-state index in [9.17, 15) is 18.8 Å². The summed E-state index contributed by atoms with van der Waals surface area (Å²) in [6, 6.07) is 9.13. The second kappa shape index (κ2) is 12.4. The SMILES string of the molecule is CC(C)(C)O/N=C\c1ccc(F)cc1F.CN(c1c(C#N)c(=O)n(C)c2ccc(Cl)nc12)C1CCCCC1. The number of fused-ring (bicyclic) bond motifs is 1. The van der Waals surface area contributed by atoms with Crippen molar-refractivity contribution in [1.82, 2.24) is 9.55 Å². The average Bonchev–Trinajstić information content (AvgIpc) is 2.87. The Morgan fingerprint density at radius 3 is 2.50 bits per heavy atom. The molecule has 0 unspecified atom stereocenters. The Hall–Kier alpha value is -3.51. The summed E-state index contributed by atoms with van der Waals surface area (Å²) in [5.41, 5.74) is 1.54. The predicted octanol–water partition coefficient (Wildman–Crippen LogP) is 6.34. The molecule has 2 heterocycles. The topological polar surface area (TPSA) is 83.5 Å². The van der Waals surface area contributed by atoms with Gasteiger partial charge in [-0.25, -0.2) is 13.8 Å². The number of pyridine rings is 2. The normalized spacial score (nSPS) is 14.2. The van der Waals surface area contributed by atoms with Crippen molar-refractivity contribution < 1.29 is 13.6 Å². The van der Waals surface area contributed by atoms with Crippen molar-refractivity contribution >= 4 is 34.5 Å². The van der Waals surface area contributed by atoms with Crippen molar-refractivity contribution in [2.75, 3.05) is 11.9 Å². The lowest BCUT2D eigenvalue weighted by Gasteiger charge is -2.33. The van der Waals surface area contributed by atoms with Gasteiger partial charge in [0.2, 0.25) is 0 Å². The fourth-order valence-electron chi connectivity index (χ4n) is 4.31. The summed E-state index contributed by atoms with van der Waals surface area (Å²) in [4.78, 5) is 24.1. The molecule has 10 heteroatoms. The molecule has 0 amide bonds. The lowest BCUT2D eigenvalue weighted by atomic mass is 9.93. The van der Waals surface area contributed by atoms with Crippen LogP contribution in [0.15, 0.2) is 40.3 Å². The number of benzene rings is 1. The summed E-state index contributed by atoms with van der Waals surface area (Å²) in [7, 11) is 3.61. The lowest BCUT2D eigenvalue weighted by molar-refractivity contribution is 0.00196. The second-order valence-electron chi connectivity index (χ2n) is 10.2. The fourth-order valence-corrected chi connectivity index (χ4v) is 4.46. The molecular weight excluding hydrogens is 512 g/mol. The van der Waals surface area contributed by atoms with Crippen LogP contribution in [0.1, 0.15) is 64.0 Å². The first-order valence-electron chi connectivity index (χ1n) is 12.4. The highest BCUT2D eigenvalue weighted by atomic mass is 35.5. The fraction of sp³-hybridized carbons (Fsp3) is 0.429. The zero-order chi connectivity index (χ0) is 28.0. The third kappa shape index (κ3) is 7.07. The number of anilines is 1. The first kappa shape index (κ1) is 29.1. The number of rotatable bonds is 4. The van der Waals surface area contributed by atoms with Crippen LogP contribution >= 0.6 is 11.6 Å². The Kier molecular flexibility index (Phi) is 9.45. The molecule has 3 aromatic rings. The van der Waals surface area contributed by atoms with Gasteiger partial charge in [-0.05, 0) is 57.9 Å². The van der Waals surface area contributed by atoms with E-state index in [0.717, 1.165) is 18.9 Å². The number of hydrogen-bond donors (Lipinski definition) is 0. The molecule has 0 spiro atoms. The predicted molar refractivity (Wildman–Crippen MR) is 147 cm³/mol. The highest BCUT2D eigenvalue weighted by Crippen LogP contribution is 2.32. The van der Waals surface area contributed by atoms with Crippen LogP contribution in [0.2, 0.25) is 5.15 Å². The van der Waals surface area contributed by atoms with E-state index in [2.05, 4.69) is 21.1 Å². The van der Waals surface area contributed by atoms with Gasteiger partial charge >= 0.3 is 0 Å². The Balaban J connectivity index is 0.000000232. The maximum absolute atomic E-state index is 13.1. The van der Waals surface area contributed by atoms with Gasteiger partial charge in [0.1, 0.15) is 39.5 Å². The molecule has 202 valence electrons. The van der Waals surface area contributed by atoms with Gasteiger partial charge in [0, 0.05) is 31.8 Å². The molecule has 2 aromatic heterocycles. The second-order valence-corrected chi connectivity index (χ2v) is 10.6. The number of aromatic nitrogens is 2. The van der Waals surface area contributed by atoms with Crippen LogP contribution in [0.25, 0.3) is 11.0 Å². The molecule has 1 fully saturated rings. The zero-order valence-electron chi connectivity index (χ0n) is 22.3. The van der Waals surface area contributed by atoms with E-state index in [-0.39, 0.29) is 16.7 Å². The third-order valence-electron chi connectivity index (χ3n) is 6.25. The van der Waals surface area contributed by atoms with E-state index < -0.39 is 17.2 Å². The van der Waals surface area contributed by atoms with Gasteiger partial charge in [-0.1, -0.05) is 36.0 Å². The first-order chi connectivity index (χ1) is 17.9. The molecule has 1 saturated carbocycles. The summed E-state index contributed by atoms with van der Waals surface area (Å²) in [5, 5.41) is 13.5. The molecule has 0 saturated heterocycles. The van der Waals surface area contributed by atoms with Gasteiger partial charge in [0.25, 0.3) is 5.56 Å². The number of halogens is 3. The molecule has 1 aromatic carbocycles. The van der Waals surface area contributed by atoms with Crippen LogP contribution in [0, 0.1) is 23.0 Å². The average molecular weight is 544 g/mol. The Bertz CT molecular complexity index is 1420. The molecule has 1 aliphatic carbocycles. The quantitative estimate of drug-likeness (QED) is 0.218. The van der Waals surface area contributed by atoms with Gasteiger partial charge in [-0.2, -0.15) is 5.26 Å². The van der Waals surface area contributed by atoms with Crippen LogP contribution in [-0.4, -0.2) is 34.5 Å². The van der Waals surface area contributed by atoms with Crippen LogP contribution in [-0.2, 0) is 11.9 Å². The van der Waals surface area contributed by atoms with Gasteiger partial charge in [-0.15, -0.1) is 0 Å². The summed E-state index contributed by atoms with van der Waals surface area (Å²) in [6.45, 7) is 5.47. The first-order valence-corrected chi connectivity index (χ1v) is 12.8. The van der Waals surface area contributed by atoms with Crippen LogP contribution in [0.3, 0.4) is 0 Å². The summed E-state index contributed by atoms with van der Waals surface area (Å²) in [6.07, 6.45) is 6.95. The Labute approximate surface area is 226 Å². The highest BCUT2D eigenvalue weighted by Gasteiger charge is 2.25. The summed E-state index contributed by atoms with van der Waals surface area (Å²) in [5.74, 6) is -1.27. The number of hydrogen-bond acceptors (Lipinski definition) is 6. The van der Waals surface area contributed by atoms with Crippen molar-refractivity contribution in [3.05, 3.63) is 68.6 Å². The Morgan fingerprint density at radius 1 is 1.21 bits per heavy atom. The van der Waals surface area contributed by atoms with E-state index in [4.69, 9.17) is 16.4 Å². The van der Waals surface area contributed by atoms with Gasteiger partial charge in [-0.3, -0.25) is 4.79 Å². The van der Waals surface area contributed by atoms with Crippen molar-refractivity contribution in [3.63, 3.8) is 0 Å². The van der Waals surface area contributed by atoms with E-state index in [1.807, 2.05) is 27.8 Å². The monoisotopic (exact) mass is 543 g/mol. The van der Waals surface area contributed by atoms with Crippen molar-refractivity contribution in [2.45, 2.75) is 64.5 Å². The number of nitriles is 1. The van der Waals surface area contributed by atoms with E-state index >= 15 is 0 Å². The minimum Gasteiger partial charge on any atom is -0.390 e. The number of oxime groups is 1. The molecule has 38 heavy (non-hydrogen) atoms. The van der Waals surface area contributed by atoms with E-state index in [1.165, 1.54) is 42.2 Å². The van der Waals surface area contributed by atoms with Gasteiger partial charge < -0.3 is 14.3 Å².